The molecule has 1 aliphatic heterocycles. The van der Waals surface area contributed by atoms with Gasteiger partial charge in [-0.3, -0.25) is 9.48 Å². The summed E-state index contributed by atoms with van der Waals surface area (Å²) >= 11 is 5.87. The summed E-state index contributed by atoms with van der Waals surface area (Å²) in [5.74, 6) is -1.95. The van der Waals surface area contributed by atoms with Crippen molar-refractivity contribution in [3.05, 3.63) is 65.1 Å². The smallest absolute Gasteiger partial charge is 0.274 e. The summed E-state index contributed by atoms with van der Waals surface area (Å²) in [6.45, 7) is 1.77. The molecule has 2 aromatic heterocycles. The Morgan fingerprint density at radius 2 is 2.03 bits per heavy atom. The van der Waals surface area contributed by atoms with Gasteiger partial charge >= 0.3 is 0 Å². The summed E-state index contributed by atoms with van der Waals surface area (Å²) in [7, 11) is 1.70. The Kier molecular flexibility index (Phi) is 8.26. The summed E-state index contributed by atoms with van der Waals surface area (Å²) in [4.78, 5) is 16.2. The van der Waals surface area contributed by atoms with Crippen molar-refractivity contribution in [3.8, 4) is 11.3 Å². The number of nitrogens with one attached hydrogen (secondary N) is 1. The molecule has 0 spiro atoms. The van der Waals surface area contributed by atoms with Gasteiger partial charge in [0.15, 0.2) is 0 Å². The van der Waals surface area contributed by atoms with Crippen LogP contribution in [0.15, 0.2) is 42.7 Å². The average Bonchev–Trinajstić information content (AvgIpc) is 3.02. The summed E-state index contributed by atoms with van der Waals surface area (Å²) in [5.41, 5.74) is 5.97. The third-order valence-electron chi connectivity index (χ3n) is 4.74. The number of amides is 1. The van der Waals surface area contributed by atoms with Gasteiger partial charge in [-0.2, -0.15) is 5.10 Å². The first-order valence-electron chi connectivity index (χ1n) is 10.1. The monoisotopic (exact) mass is 463 g/mol. The minimum Gasteiger partial charge on any atom is -0.381 e. The van der Waals surface area contributed by atoms with Crippen molar-refractivity contribution in [3.63, 3.8) is 0 Å². The molecule has 10 heteroatoms. The first kappa shape index (κ1) is 23.8. The molecule has 0 bridgehead atoms. The van der Waals surface area contributed by atoms with Crippen LogP contribution < -0.4 is 11.1 Å². The van der Waals surface area contributed by atoms with E-state index in [0.29, 0.717) is 11.7 Å². The molecule has 0 aliphatic carbocycles. The zero-order chi connectivity index (χ0) is 23.1. The fourth-order valence-electron chi connectivity index (χ4n) is 3.05. The second-order valence-electron chi connectivity index (χ2n) is 7.29. The van der Waals surface area contributed by atoms with Gasteiger partial charge in [0.2, 0.25) is 0 Å². The Bertz CT molecular complexity index is 1070. The van der Waals surface area contributed by atoms with E-state index in [2.05, 4.69) is 15.4 Å². The lowest BCUT2D eigenvalue weighted by atomic mass is 10.1. The summed E-state index contributed by atoms with van der Waals surface area (Å²) in [6.07, 6.45) is 6.39. The predicted molar refractivity (Wildman–Crippen MR) is 118 cm³/mol. The largest absolute Gasteiger partial charge is 0.381 e. The molecule has 4 rings (SSSR count). The number of halogens is 3. The van der Waals surface area contributed by atoms with Crippen LogP contribution in [-0.4, -0.2) is 39.9 Å². The molecule has 3 heterocycles. The molecule has 7 nitrogen and oxygen atoms in total. The van der Waals surface area contributed by atoms with Crippen molar-refractivity contribution in [2.75, 3.05) is 18.5 Å². The van der Waals surface area contributed by atoms with Gasteiger partial charge in [0.1, 0.15) is 23.0 Å². The quantitative estimate of drug-likeness (QED) is 0.607. The minimum atomic E-state index is -0.708. The number of anilines is 1. The van der Waals surface area contributed by atoms with Crippen LogP contribution in [0, 0.1) is 11.6 Å². The maximum Gasteiger partial charge on any atom is 0.274 e. The predicted octanol–water partition coefficient (Wildman–Crippen LogP) is 4.18. The van der Waals surface area contributed by atoms with Crippen molar-refractivity contribution >= 4 is 23.2 Å². The topological polar surface area (TPSA) is 95.1 Å². The first-order valence-corrected chi connectivity index (χ1v) is 10.5. The summed E-state index contributed by atoms with van der Waals surface area (Å²) in [5, 5.41) is 6.26. The molecule has 3 aromatic rings. The number of carbonyl (C=O) groups is 1. The number of aromatic nitrogens is 3. The second kappa shape index (κ2) is 11.1. The van der Waals surface area contributed by atoms with Gasteiger partial charge in [0, 0.05) is 38.1 Å². The van der Waals surface area contributed by atoms with Gasteiger partial charge in [-0.1, -0.05) is 23.7 Å². The highest BCUT2D eigenvalue weighted by molar-refractivity contribution is 6.33. The van der Waals surface area contributed by atoms with Crippen LogP contribution in [0.1, 0.15) is 29.8 Å². The number of carbonyl (C=O) groups excluding carboxylic acids is 1. The molecule has 1 aromatic carbocycles. The standard InChI is InChI=1S/C16H11ClF2N4O.C6H13NO/c1-23-8-9(7-20-23)21-16(24)13-6-5-12(19)15(22-13)10-3-2-4-11(18)14(10)17;7-6-2-1-4-8-5-3-6/h2-8H,1H3,(H,21,24);6H,1-5,7H2. The average molecular weight is 464 g/mol. The molecule has 32 heavy (non-hydrogen) atoms. The number of nitrogens with zero attached hydrogens (tertiary/aromatic N) is 3. The summed E-state index contributed by atoms with van der Waals surface area (Å²) < 4.78 is 34.4. The Hall–Kier alpha value is -2.88. The first-order chi connectivity index (χ1) is 15.3. The van der Waals surface area contributed by atoms with E-state index in [0.717, 1.165) is 44.6 Å². The SMILES string of the molecule is Cn1cc(NC(=O)c2ccc(F)c(-c3cccc(F)c3Cl)n2)cn1.NC1CCCOCC1. The van der Waals surface area contributed by atoms with Crippen LogP contribution in [-0.2, 0) is 11.8 Å². The minimum absolute atomic E-state index is 0.0319. The maximum atomic E-state index is 14.1. The van der Waals surface area contributed by atoms with E-state index in [9.17, 15) is 13.6 Å². The van der Waals surface area contributed by atoms with E-state index >= 15 is 0 Å². The molecule has 1 atom stereocenters. The molecule has 170 valence electrons. The van der Waals surface area contributed by atoms with E-state index in [1.165, 1.54) is 29.1 Å². The fraction of sp³-hybridized carbons (Fsp3) is 0.318. The van der Waals surface area contributed by atoms with E-state index in [-0.39, 0.29) is 22.0 Å². The van der Waals surface area contributed by atoms with Gasteiger partial charge in [0.25, 0.3) is 5.91 Å². The Labute approximate surface area is 189 Å². The van der Waals surface area contributed by atoms with E-state index in [4.69, 9.17) is 22.1 Å². The number of hydrogen-bond donors (Lipinski definition) is 2. The number of hydrogen-bond acceptors (Lipinski definition) is 5. The van der Waals surface area contributed by atoms with Crippen LogP contribution in [0.5, 0.6) is 0 Å². The molecular weight excluding hydrogens is 440 g/mol. The number of aryl methyl sites for hydroxylation is 1. The van der Waals surface area contributed by atoms with Gasteiger partial charge < -0.3 is 15.8 Å². The van der Waals surface area contributed by atoms with Crippen molar-refractivity contribution in [2.24, 2.45) is 12.8 Å². The van der Waals surface area contributed by atoms with Crippen LogP contribution in [0.3, 0.4) is 0 Å². The molecule has 1 saturated heterocycles. The normalized spacial score (nSPS) is 16.0. The molecule has 1 amide bonds. The molecule has 0 saturated carbocycles. The van der Waals surface area contributed by atoms with Gasteiger partial charge in [-0.25, -0.2) is 13.8 Å². The lowest BCUT2D eigenvalue weighted by Gasteiger charge is -2.08. The van der Waals surface area contributed by atoms with Gasteiger partial charge in [0.05, 0.1) is 16.9 Å². The zero-order valence-electron chi connectivity index (χ0n) is 17.5. The zero-order valence-corrected chi connectivity index (χ0v) is 18.3. The maximum absolute atomic E-state index is 14.1. The molecule has 1 unspecified atom stereocenters. The Balaban J connectivity index is 0.000000305. The van der Waals surface area contributed by atoms with Crippen molar-refractivity contribution < 1.29 is 18.3 Å². The number of nitrogens with two attached hydrogens (primary N) is 1. The lowest BCUT2D eigenvalue weighted by Crippen LogP contribution is -2.19. The summed E-state index contributed by atoms with van der Waals surface area (Å²) in [6, 6.07) is 6.69. The second-order valence-corrected chi connectivity index (χ2v) is 7.67. The molecular formula is C22H24ClF2N5O2. The number of pyridine rings is 1. The van der Waals surface area contributed by atoms with E-state index in [1.807, 2.05) is 0 Å². The highest BCUT2D eigenvalue weighted by Crippen LogP contribution is 2.30. The van der Waals surface area contributed by atoms with E-state index in [1.54, 1.807) is 13.2 Å². The van der Waals surface area contributed by atoms with Crippen LogP contribution >= 0.6 is 11.6 Å². The highest BCUT2D eigenvalue weighted by Gasteiger charge is 2.17. The van der Waals surface area contributed by atoms with Crippen LogP contribution in [0.2, 0.25) is 5.02 Å². The third kappa shape index (κ3) is 6.32. The molecule has 3 N–H and O–H groups in total. The van der Waals surface area contributed by atoms with Gasteiger partial charge in [-0.15, -0.1) is 0 Å². The number of rotatable bonds is 3. The Morgan fingerprint density at radius 3 is 2.78 bits per heavy atom. The number of benzene rings is 1. The Morgan fingerprint density at radius 1 is 1.22 bits per heavy atom. The van der Waals surface area contributed by atoms with Crippen molar-refractivity contribution in [1.82, 2.24) is 14.8 Å². The molecule has 1 aliphatic rings. The molecule has 0 radical (unpaired) electrons. The number of ether oxygens (including phenoxy) is 1. The highest BCUT2D eigenvalue weighted by atomic mass is 35.5. The van der Waals surface area contributed by atoms with Crippen LogP contribution in [0.25, 0.3) is 11.3 Å². The van der Waals surface area contributed by atoms with Crippen molar-refractivity contribution in [1.29, 1.82) is 0 Å². The fourth-order valence-corrected chi connectivity index (χ4v) is 3.27. The van der Waals surface area contributed by atoms with Gasteiger partial charge in [-0.05, 0) is 37.5 Å². The van der Waals surface area contributed by atoms with Crippen molar-refractivity contribution in [2.45, 2.75) is 25.3 Å². The molecule has 1 fully saturated rings. The lowest BCUT2D eigenvalue weighted by molar-refractivity contribution is 0.102. The van der Waals surface area contributed by atoms with Crippen LogP contribution in [0.4, 0.5) is 14.5 Å². The third-order valence-corrected chi connectivity index (χ3v) is 5.13. The van der Waals surface area contributed by atoms with E-state index < -0.39 is 17.5 Å².